The number of nitro groups is 1. The molecule has 11 heteroatoms. The van der Waals surface area contributed by atoms with E-state index in [1.54, 1.807) is 17.2 Å². The molecule has 0 atom stereocenters. The second-order valence-corrected chi connectivity index (χ2v) is 5.90. The zero-order chi connectivity index (χ0) is 15.9. The van der Waals surface area contributed by atoms with E-state index in [0.717, 1.165) is 4.88 Å². The summed E-state index contributed by atoms with van der Waals surface area (Å²) >= 11 is 7.09. The van der Waals surface area contributed by atoms with E-state index in [1.807, 2.05) is 0 Å². The number of rotatable bonds is 7. The molecule has 0 spiro atoms. The van der Waals surface area contributed by atoms with Gasteiger partial charge in [-0.25, -0.2) is 15.1 Å². The molecule has 0 unspecified atom stereocenters. The van der Waals surface area contributed by atoms with Gasteiger partial charge in [0, 0.05) is 11.1 Å². The van der Waals surface area contributed by atoms with Crippen molar-refractivity contribution in [2.24, 2.45) is 5.10 Å². The summed E-state index contributed by atoms with van der Waals surface area (Å²) in [5, 5.41) is 13.5. The molecule has 0 aliphatic carbocycles. The van der Waals surface area contributed by atoms with Crippen LogP contribution in [0.1, 0.15) is 4.88 Å². The van der Waals surface area contributed by atoms with Gasteiger partial charge in [-0.1, -0.05) is 17.7 Å². The molecule has 1 aromatic rings. The van der Waals surface area contributed by atoms with Crippen LogP contribution >= 0.6 is 22.9 Å². The number of aromatic nitrogens is 1. The van der Waals surface area contributed by atoms with Gasteiger partial charge >= 0.3 is 0 Å². The Bertz CT molecular complexity index is 566. The molecule has 2 rings (SSSR count). The van der Waals surface area contributed by atoms with Crippen molar-refractivity contribution in [3.05, 3.63) is 38.3 Å². The molecule has 22 heavy (non-hydrogen) atoms. The molecular weight excluding hydrogens is 334 g/mol. The van der Waals surface area contributed by atoms with Crippen LogP contribution < -0.4 is 0 Å². The lowest BCUT2D eigenvalue weighted by atomic mass is 10.4. The lowest BCUT2D eigenvalue weighted by Gasteiger charge is -2.36. The van der Waals surface area contributed by atoms with E-state index in [-0.39, 0.29) is 26.2 Å². The SMILES string of the molecule is C=CCOCN1COCN(Cc2cnc(Cl)s2)/C1=N\[N+](=O)[O-]. The predicted molar refractivity (Wildman–Crippen MR) is 80.8 cm³/mol. The summed E-state index contributed by atoms with van der Waals surface area (Å²) in [4.78, 5) is 18.7. The highest BCUT2D eigenvalue weighted by Crippen LogP contribution is 2.21. The summed E-state index contributed by atoms with van der Waals surface area (Å²) in [5.74, 6) is 0.171. The van der Waals surface area contributed by atoms with Crippen molar-refractivity contribution in [3.8, 4) is 0 Å². The first-order chi connectivity index (χ1) is 10.6. The van der Waals surface area contributed by atoms with Gasteiger partial charge in [0.1, 0.15) is 25.3 Å². The monoisotopic (exact) mass is 347 g/mol. The first-order valence-electron chi connectivity index (χ1n) is 6.19. The van der Waals surface area contributed by atoms with Gasteiger partial charge in [-0.05, 0) is 0 Å². The molecule has 0 aromatic carbocycles. The van der Waals surface area contributed by atoms with Crippen molar-refractivity contribution in [2.75, 3.05) is 26.8 Å². The average Bonchev–Trinajstić information content (AvgIpc) is 2.87. The fourth-order valence-corrected chi connectivity index (χ4v) is 2.77. The highest BCUT2D eigenvalue weighted by Gasteiger charge is 2.28. The van der Waals surface area contributed by atoms with Crippen molar-refractivity contribution in [1.82, 2.24) is 14.8 Å². The molecule has 1 aliphatic rings. The third kappa shape index (κ3) is 4.63. The highest BCUT2D eigenvalue weighted by molar-refractivity contribution is 7.15. The van der Waals surface area contributed by atoms with Crippen LogP contribution in [0.5, 0.6) is 0 Å². The van der Waals surface area contributed by atoms with Crippen LogP contribution in [0.3, 0.4) is 0 Å². The van der Waals surface area contributed by atoms with Gasteiger partial charge in [0.05, 0.1) is 13.2 Å². The number of hydrogen-bond acceptors (Lipinski definition) is 6. The van der Waals surface area contributed by atoms with E-state index >= 15 is 0 Å². The van der Waals surface area contributed by atoms with Crippen LogP contribution in [0.2, 0.25) is 4.47 Å². The summed E-state index contributed by atoms with van der Waals surface area (Å²) in [6.45, 7) is 4.67. The normalized spacial score (nSPS) is 17.0. The number of hydrogen-bond donors (Lipinski definition) is 0. The molecule has 9 nitrogen and oxygen atoms in total. The summed E-state index contributed by atoms with van der Waals surface area (Å²) < 4.78 is 11.1. The highest BCUT2D eigenvalue weighted by atomic mass is 35.5. The second kappa shape index (κ2) is 8.03. The number of halogens is 1. The Morgan fingerprint density at radius 3 is 3.05 bits per heavy atom. The molecule has 0 saturated carbocycles. The zero-order valence-electron chi connectivity index (χ0n) is 11.6. The first kappa shape index (κ1) is 16.6. The maximum atomic E-state index is 10.8. The average molecular weight is 348 g/mol. The number of ether oxygens (including phenoxy) is 2. The zero-order valence-corrected chi connectivity index (χ0v) is 13.1. The van der Waals surface area contributed by atoms with E-state index in [4.69, 9.17) is 21.1 Å². The van der Waals surface area contributed by atoms with Crippen LogP contribution in [-0.4, -0.2) is 52.6 Å². The van der Waals surface area contributed by atoms with Crippen molar-refractivity contribution in [3.63, 3.8) is 0 Å². The van der Waals surface area contributed by atoms with Crippen molar-refractivity contribution in [2.45, 2.75) is 6.54 Å². The molecule has 1 aliphatic heterocycles. The molecule has 1 fully saturated rings. The van der Waals surface area contributed by atoms with Gasteiger partial charge in [0.25, 0.3) is 5.96 Å². The Balaban J connectivity index is 2.11. The van der Waals surface area contributed by atoms with Crippen LogP contribution in [0.25, 0.3) is 0 Å². The van der Waals surface area contributed by atoms with Crippen molar-refractivity contribution >= 4 is 28.9 Å². The minimum absolute atomic E-state index is 0.110. The Morgan fingerprint density at radius 1 is 1.64 bits per heavy atom. The molecular formula is C11H14ClN5O4S. The van der Waals surface area contributed by atoms with Gasteiger partial charge in [0.15, 0.2) is 9.50 Å². The molecule has 0 bridgehead atoms. The number of nitrogens with zero attached hydrogens (tertiary/aromatic N) is 5. The minimum Gasteiger partial charge on any atom is -0.357 e. The summed E-state index contributed by atoms with van der Waals surface area (Å²) in [5.41, 5.74) is 0. The lowest BCUT2D eigenvalue weighted by Crippen LogP contribution is -2.52. The maximum absolute atomic E-state index is 10.8. The van der Waals surface area contributed by atoms with Gasteiger partial charge in [-0.2, -0.15) is 0 Å². The van der Waals surface area contributed by atoms with Crippen LogP contribution in [0, 0.1) is 10.1 Å². The van der Waals surface area contributed by atoms with Gasteiger partial charge in [-0.15, -0.1) is 17.9 Å². The third-order valence-electron chi connectivity index (χ3n) is 2.59. The van der Waals surface area contributed by atoms with E-state index in [1.165, 1.54) is 16.2 Å². The summed E-state index contributed by atoms with van der Waals surface area (Å²) in [6, 6.07) is 0. The standard InChI is InChI=1S/C11H14ClN5O4S/c1-2-3-20-7-16-8-21-6-15(11(16)14-17(18)19)5-9-4-13-10(12)22-9/h2,4H,1,3,5-8H2/b14-11+. The van der Waals surface area contributed by atoms with Gasteiger partial charge in [0.2, 0.25) is 0 Å². The summed E-state index contributed by atoms with van der Waals surface area (Å²) in [7, 11) is 0. The van der Waals surface area contributed by atoms with Gasteiger partial charge in [-0.3, -0.25) is 4.90 Å². The number of thiazole rings is 1. The smallest absolute Gasteiger partial charge is 0.279 e. The second-order valence-electron chi connectivity index (χ2n) is 4.21. The predicted octanol–water partition coefficient (Wildman–Crippen LogP) is 1.55. The Morgan fingerprint density at radius 2 is 2.41 bits per heavy atom. The van der Waals surface area contributed by atoms with Crippen LogP contribution in [-0.2, 0) is 16.0 Å². The molecule has 1 saturated heterocycles. The van der Waals surface area contributed by atoms with E-state index in [9.17, 15) is 10.1 Å². The fraction of sp³-hybridized carbons (Fsp3) is 0.455. The molecule has 0 N–H and O–H groups in total. The summed E-state index contributed by atoms with van der Waals surface area (Å²) in [6.07, 6.45) is 3.20. The van der Waals surface area contributed by atoms with E-state index < -0.39 is 5.03 Å². The fourth-order valence-electron chi connectivity index (χ4n) is 1.78. The lowest BCUT2D eigenvalue weighted by molar-refractivity contribution is -0.487. The quantitative estimate of drug-likeness (QED) is 0.320. The van der Waals surface area contributed by atoms with Crippen molar-refractivity contribution < 1.29 is 14.5 Å². The number of guanidine groups is 1. The van der Waals surface area contributed by atoms with E-state index in [2.05, 4.69) is 16.7 Å². The molecule has 0 radical (unpaired) electrons. The van der Waals surface area contributed by atoms with Crippen LogP contribution in [0.15, 0.2) is 24.0 Å². The molecule has 2 heterocycles. The Labute approximate surface area is 135 Å². The number of hydrazone groups is 1. The van der Waals surface area contributed by atoms with Crippen LogP contribution in [0.4, 0.5) is 0 Å². The topological polar surface area (TPSA) is 93.3 Å². The molecule has 120 valence electrons. The molecule has 0 amide bonds. The van der Waals surface area contributed by atoms with Crippen molar-refractivity contribution in [1.29, 1.82) is 0 Å². The Kier molecular flexibility index (Phi) is 6.07. The largest absolute Gasteiger partial charge is 0.357 e. The van der Waals surface area contributed by atoms with E-state index in [0.29, 0.717) is 17.6 Å². The first-order valence-corrected chi connectivity index (χ1v) is 7.39. The Hall–Kier alpha value is -1.75. The molecule has 1 aromatic heterocycles. The maximum Gasteiger partial charge on any atom is 0.279 e. The minimum atomic E-state index is -0.742. The third-order valence-corrected chi connectivity index (χ3v) is 3.69. The van der Waals surface area contributed by atoms with Gasteiger partial charge < -0.3 is 14.4 Å².